The number of carbonyl (C=O) groups excluding carboxylic acids is 1. The molecule has 0 aliphatic carbocycles. The second kappa shape index (κ2) is 6.87. The summed E-state index contributed by atoms with van der Waals surface area (Å²) < 4.78 is 19.1. The van der Waals surface area contributed by atoms with Crippen LogP contribution in [0, 0.1) is 5.82 Å². The number of nitrogens with two attached hydrogens (primary N) is 1. The van der Waals surface area contributed by atoms with Crippen molar-refractivity contribution >= 4 is 17.6 Å². The molecule has 0 spiro atoms. The van der Waals surface area contributed by atoms with Crippen LogP contribution in [-0.4, -0.2) is 19.1 Å². The molecule has 19 heavy (non-hydrogen) atoms. The standard InChI is InChI=1S/C14H19ClFNO2/c1-3-19-13(18)14(2,7-4-8-17)11-6-5-10(15)9-12(11)16/h5-6,9H,3-4,7-8,17H2,1-2H3. The van der Waals surface area contributed by atoms with Gasteiger partial charge in [0.1, 0.15) is 5.82 Å². The highest BCUT2D eigenvalue weighted by atomic mass is 35.5. The van der Waals surface area contributed by atoms with Crippen LogP contribution in [0.1, 0.15) is 32.3 Å². The topological polar surface area (TPSA) is 52.3 Å². The number of hydrogen-bond donors (Lipinski definition) is 1. The monoisotopic (exact) mass is 287 g/mol. The molecule has 0 aliphatic heterocycles. The summed E-state index contributed by atoms with van der Waals surface area (Å²) in [4.78, 5) is 12.1. The fraction of sp³-hybridized carbons (Fsp3) is 0.500. The summed E-state index contributed by atoms with van der Waals surface area (Å²) in [6.07, 6.45) is 1.04. The third kappa shape index (κ3) is 3.67. The summed E-state index contributed by atoms with van der Waals surface area (Å²) in [5.74, 6) is -0.940. The van der Waals surface area contributed by atoms with Crippen molar-refractivity contribution in [3.05, 3.63) is 34.6 Å². The van der Waals surface area contributed by atoms with E-state index < -0.39 is 17.2 Å². The van der Waals surface area contributed by atoms with Crippen molar-refractivity contribution in [1.29, 1.82) is 0 Å². The molecule has 0 aliphatic rings. The van der Waals surface area contributed by atoms with Crippen LogP contribution in [0.2, 0.25) is 5.02 Å². The van der Waals surface area contributed by atoms with Gasteiger partial charge in [0.15, 0.2) is 0 Å². The third-order valence-corrected chi connectivity index (χ3v) is 3.37. The maximum atomic E-state index is 14.1. The summed E-state index contributed by atoms with van der Waals surface area (Å²) in [7, 11) is 0. The number of benzene rings is 1. The van der Waals surface area contributed by atoms with Gasteiger partial charge in [-0.3, -0.25) is 4.79 Å². The molecule has 0 heterocycles. The molecule has 0 saturated heterocycles. The molecular weight excluding hydrogens is 269 g/mol. The summed E-state index contributed by atoms with van der Waals surface area (Å²) in [6.45, 7) is 4.09. The van der Waals surface area contributed by atoms with Crippen molar-refractivity contribution in [3.63, 3.8) is 0 Å². The quantitative estimate of drug-likeness (QED) is 0.818. The lowest BCUT2D eigenvalue weighted by molar-refractivity contribution is -0.150. The first-order valence-corrected chi connectivity index (χ1v) is 6.66. The molecule has 0 saturated carbocycles. The van der Waals surface area contributed by atoms with Crippen molar-refractivity contribution in [2.24, 2.45) is 5.73 Å². The predicted octanol–water partition coefficient (Wildman–Crippen LogP) is 3.04. The number of halogens is 2. The molecule has 0 fully saturated rings. The molecule has 3 nitrogen and oxygen atoms in total. The van der Waals surface area contributed by atoms with Gasteiger partial charge in [-0.25, -0.2) is 4.39 Å². The summed E-state index contributed by atoms with van der Waals surface area (Å²) in [5, 5.41) is 0.297. The van der Waals surface area contributed by atoms with Crippen molar-refractivity contribution in [1.82, 2.24) is 0 Å². The minimum Gasteiger partial charge on any atom is -0.465 e. The molecule has 0 bridgehead atoms. The minimum atomic E-state index is -1.04. The van der Waals surface area contributed by atoms with E-state index in [1.165, 1.54) is 12.1 Å². The van der Waals surface area contributed by atoms with E-state index in [1.807, 2.05) is 0 Å². The second-order valence-corrected chi connectivity index (χ2v) is 5.01. The van der Waals surface area contributed by atoms with Crippen LogP contribution in [0.15, 0.2) is 18.2 Å². The lowest BCUT2D eigenvalue weighted by atomic mass is 9.78. The summed E-state index contributed by atoms with van der Waals surface area (Å²) in [6, 6.07) is 4.31. The van der Waals surface area contributed by atoms with E-state index in [4.69, 9.17) is 22.1 Å². The molecular formula is C14H19ClFNO2. The summed E-state index contributed by atoms with van der Waals surface area (Å²) >= 11 is 5.74. The zero-order chi connectivity index (χ0) is 14.5. The molecule has 5 heteroatoms. The Morgan fingerprint density at radius 1 is 1.53 bits per heavy atom. The van der Waals surface area contributed by atoms with E-state index in [1.54, 1.807) is 19.9 Å². The van der Waals surface area contributed by atoms with Gasteiger partial charge in [-0.15, -0.1) is 0 Å². The van der Waals surface area contributed by atoms with Gasteiger partial charge in [0.05, 0.1) is 12.0 Å². The first kappa shape index (κ1) is 15.9. The van der Waals surface area contributed by atoms with Crippen LogP contribution in [0.3, 0.4) is 0 Å². The number of hydrogen-bond acceptors (Lipinski definition) is 3. The molecule has 1 aromatic rings. The highest BCUT2D eigenvalue weighted by Crippen LogP contribution is 2.33. The van der Waals surface area contributed by atoms with Crippen LogP contribution in [0.4, 0.5) is 4.39 Å². The van der Waals surface area contributed by atoms with Gasteiger partial charge in [0.25, 0.3) is 0 Å². The Morgan fingerprint density at radius 2 is 2.21 bits per heavy atom. The van der Waals surface area contributed by atoms with Crippen molar-refractivity contribution < 1.29 is 13.9 Å². The first-order chi connectivity index (χ1) is 8.95. The SMILES string of the molecule is CCOC(=O)C(C)(CCCN)c1ccc(Cl)cc1F. The highest BCUT2D eigenvalue weighted by Gasteiger charge is 2.38. The maximum absolute atomic E-state index is 14.1. The van der Waals surface area contributed by atoms with E-state index in [0.717, 1.165) is 0 Å². The highest BCUT2D eigenvalue weighted by molar-refractivity contribution is 6.30. The fourth-order valence-electron chi connectivity index (χ4n) is 2.03. The molecule has 1 unspecified atom stereocenters. The smallest absolute Gasteiger partial charge is 0.316 e. The van der Waals surface area contributed by atoms with Crippen molar-refractivity contribution in [2.75, 3.05) is 13.2 Å². The number of carbonyl (C=O) groups is 1. The Hall–Kier alpha value is -1.13. The number of esters is 1. The van der Waals surface area contributed by atoms with Gasteiger partial charge in [0, 0.05) is 10.6 Å². The summed E-state index contributed by atoms with van der Waals surface area (Å²) in [5.41, 5.74) is 4.74. The van der Waals surface area contributed by atoms with Gasteiger partial charge in [-0.2, -0.15) is 0 Å². The second-order valence-electron chi connectivity index (χ2n) is 4.57. The number of ether oxygens (including phenoxy) is 1. The van der Waals surface area contributed by atoms with Crippen LogP contribution in [0.5, 0.6) is 0 Å². The Kier molecular flexibility index (Phi) is 5.76. The van der Waals surface area contributed by atoms with Crippen LogP contribution in [-0.2, 0) is 14.9 Å². The number of rotatable bonds is 6. The van der Waals surface area contributed by atoms with Gasteiger partial charge < -0.3 is 10.5 Å². The van der Waals surface area contributed by atoms with Gasteiger partial charge in [0.2, 0.25) is 0 Å². The predicted molar refractivity (Wildman–Crippen MR) is 73.7 cm³/mol. The maximum Gasteiger partial charge on any atom is 0.316 e. The van der Waals surface area contributed by atoms with E-state index in [0.29, 0.717) is 30.0 Å². The Morgan fingerprint density at radius 3 is 2.74 bits per heavy atom. The zero-order valence-electron chi connectivity index (χ0n) is 11.2. The fourth-order valence-corrected chi connectivity index (χ4v) is 2.19. The van der Waals surface area contributed by atoms with Crippen LogP contribution >= 0.6 is 11.6 Å². The minimum absolute atomic E-state index is 0.256. The average molecular weight is 288 g/mol. The molecule has 1 rings (SSSR count). The van der Waals surface area contributed by atoms with E-state index in [9.17, 15) is 9.18 Å². The molecule has 2 N–H and O–H groups in total. The third-order valence-electron chi connectivity index (χ3n) is 3.13. The molecule has 1 atom stereocenters. The lowest BCUT2D eigenvalue weighted by Gasteiger charge is -2.28. The zero-order valence-corrected chi connectivity index (χ0v) is 12.0. The van der Waals surface area contributed by atoms with E-state index in [2.05, 4.69) is 0 Å². The largest absolute Gasteiger partial charge is 0.465 e. The van der Waals surface area contributed by atoms with Crippen LogP contribution < -0.4 is 5.73 Å². The van der Waals surface area contributed by atoms with Gasteiger partial charge >= 0.3 is 5.97 Å². The molecule has 0 aromatic heterocycles. The lowest BCUT2D eigenvalue weighted by Crippen LogP contribution is -2.36. The molecule has 0 amide bonds. The Labute approximate surface area is 117 Å². The molecule has 106 valence electrons. The first-order valence-electron chi connectivity index (χ1n) is 6.28. The Bertz CT molecular complexity index is 453. The Balaban J connectivity index is 3.18. The van der Waals surface area contributed by atoms with Gasteiger partial charge in [-0.1, -0.05) is 17.7 Å². The van der Waals surface area contributed by atoms with Crippen molar-refractivity contribution in [3.8, 4) is 0 Å². The average Bonchev–Trinajstić information content (AvgIpc) is 2.36. The molecule has 0 radical (unpaired) electrons. The van der Waals surface area contributed by atoms with Crippen molar-refractivity contribution in [2.45, 2.75) is 32.1 Å². The van der Waals surface area contributed by atoms with Crippen LogP contribution in [0.25, 0.3) is 0 Å². The normalized spacial score (nSPS) is 13.9. The van der Waals surface area contributed by atoms with E-state index in [-0.39, 0.29) is 6.61 Å². The molecule has 1 aromatic carbocycles. The van der Waals surface area contributed by atoms with E-state index >= 15 is 0 Å². The van der Waals surface area contributed by atoms with Gasteiger partial charge in [-0.05, 0) is 45.4 Å².